The van der Waals surface area contributed by atoms with Gasteiger partial charge in [0, 0.05) is 15.3 Å². The van der Waals surface area contributed by atoms with Crippen LogP contribution in [0.5, 0.6) is 0 Å². The van der Waals surface area contributed by atoms with E-state index in [1.165, 1.54) is 29.0 Å². The summed E-state index contributed by atoms with van der Waals surface area (Å²) in [6.45, 7) is 2.21. The van der Waals surface area contributed by atoms with E-state index in [1.54, 1.807) is 11.3 Å². The number of rotatable bonds is 4. The van der Waals surface area contributed by atoms with Crippen molar-refractivity contribution >= 4 is 28.1 Å². The average Bonchev–Trinajstić information content (AvgIpc) is 3.08. The maximum absolute atomic E-state index is 6.06. The van der Waals surface area contributed by atoms with Crippen molar-refractivity contribution in [3.63, 3.8) is 0 Å². The lowest BCUT2D eigenvalue weighted by Gasteiger charge is -2.29. The first-order chi connectivity index (χ1) is 10.2. The second-order valence-electron chi connectivity index (χ2n) is 5.87. The standard InChI is InChI=1S/C17H21ClN2S/c1-2-5-14-15(20-16(19)21-14)17(10-3-4-11-17)12-6-8-13(18)9-7-12/h6-9H,2-5,10-11H2,1H3,(H2,19,20). The van der Waals surface area contributed by atoms with Crippen LogP contribution in [0.2, 0.25) is 5.02 Å². The summed E-state index contributed by atoms with van der Waals surface area (Å²) in [4.78, 5) is 6.11. The van der Waals surface area contributed by atoms with Crippen LogP contribution in [0.1, 0.15) is 55.2 Å². The molecule has 0 unspecified atom stereocenters. The Labute approximate surface area is 135 Å². The summed E-state index contributed by atoms with van der Waals surface area (Å²) in [7, 11) is 0. The summed E-state index contributed by atoms with van der Waals surface area (Å²) in [6, 6.07) is 8.32. The van der Waals surface area contributed by atoms with Crippen LogP contribution in [0.4, 0.5) is 5.13 Å². The van der Waals surface area contributed by atoms with Crippen LogP contribution in [0.15, 0.2) is 24.3 Å². The molecule has 0 amide bonds. The Morgan fingerprint density at radius 1 is 1.24 bits per heavy atom. The van der Waals surface area contributed by atoms with Gasteiger partial charge < -0.3 is 5.73 Å². The minimum absolute atomic E-state index is 0.0449. The number of aryl methyl sites for hydroxylation is 1. The van der Waals surface area contributed by atoms with Crippen molar-refractivity contribution in [2.24, 2.45) is 0 Å². The third-order valence-electron chi connectivity index (χ3n) is 4.50. The fourth-order valence-corrected chi connectivity index (χ4v) is 4.71. The zero-order chi connectivity index (χ0) is 14.9. The fraction of sp³-hybridized carbons (Fsp3) is 0.471. The number of nitrogens with two attached hydrogens (primary N) is 1. The Morgan fingerprint density at radius 2 is 1.90 bits per heavy atom. The molecule has 1 fully saturated rings. The first-order valence-electron chi connectivity index (χ1n) is 7.67. The number of nitrogens with zero attached hydrogens (tertiary/aromatic N) is 1. The molecule has 21 heavy (non-hydrogen) atoms. The van der Waals surface area contributed by atoms with Gasteiger partial charge in [0.15, 0.2) is 5.13 Å². The van der Waals surface area contributed by atoms with E-state index in [2.05, 4.69) is 19.1 Å². The van der Waals surface area contributed by atoms with Crippen molar-refractivity contribution in [3.05, 3.63) is 45.4 Å². The molecule has 0 saturated heterocycles. The predicted molar refractivity (Wildman–Crippen MR) is 91.2 cm³/mol. The van der Waals surface area contributed by atoms with Crippen LogP contribution in [0.3, 0.4) is 0 Å². The molecule has 1 aromatic carbocycles. The third kappa shape index (κ3) is 2.69. The molecule has 1 aliphatic carbocycles. The molecule has 112 valence electrons. The zero-order valence-corrected chi connectivity index (χ0v) is 13.9. The minimum Gasteiger partial charge on any atom is -0.375 e. The van der Waals surface area contributed by atoms with Crippen molar-refractivity contribution in [2.75, 3.05) is 5.73 Å². The Kier molecular flexibility index (Phi) is 4.23. The zero-order valence-electron chi connectivity index (χ0n) is 12.4. The van der Waals surface area contributed by atoms with Crippen molar-refractivity contribution < 1.29 is 0 Å². The van der Waals surface area contributed by atoms with Gasteiger partial charge in [-0.25, -0.2) is 4.98 Å². The largest absolute Gasteiger partial charge is 0.375 e. The first-order valence-corrected chi connectivity index (χ1v) is 8.87. The smallest absolute Gasteiger partial charge is 0.180 e. The maximum atomic E-state index is 6.06. The predicted octanol–water partition coefficient (Wildman–Crippen LogP) is 5.19. The van der Waals surface area contributed by atoms with E-state index in [4.69, 9.17) is 22.3 Å². The number of halogens is 1. The number of hydrogen-bond acceptors (Lipinski definition) is 3. The van der Waals surface area contributed by atoms with Crippen LogP contribution in [0.25, 0.3) is 0 Å². The third-order valence-corrected chi connectivity index (χ3v) is 5.69. The van der Waals surface area contributed by atoms with Crippen LogP contribution in [0, 0.1) is 0 Å². The lowest BCUT2D eigenvalue weighted by molar-refractivity contribution is 0.516. The van der Waals surface area contributed by atoms with Crippen LogP contribution in [-0.4, -0.2) is 4.98 Å². The molecule has 4 heteroatoms. The summed E-state index contributed by atoms with van der Waals surface area (Å²) in [5, 5.41) is 1.49. The lowest BCUT2D eigenvalue weighted by Crippen LogP contribution is -2.25. The van der Waals surface area contributed by atoms with Crippen molar-refractivity contribution in [1.29, 1.82) is 0 Å². The van der Waals surface area contributed by atoms with Gasteiger partial charge in [0.1, 0.15) is 0 Å². The molecule has 1 aliphatic rings. The van der Waals surface area contributed by atoms with Gasteiger partial charge in [-0.2, -0.15) is 0 Å². The van der Waals surface area contributed by atoms with Gasteiger partial charge in [-0.1, -0.05) is 49.9 Å². The second kappa shape index (κ2) is 5.98. The highest BCUT2D eigenvalue weighted by molar-refractivity contribution is 7.15. The molecule has 0 bridgehead atoms. The fourth-order valence-electron chi connectivity index (χ4n) is 3.55. The van der Waals surface area contributed by atoms with E-state index in [9.17, 15) is 0 Å². The number of anilines is 1. The molecule has 1 heterocycles. The molecule has 2 aromatic rings. The normalized spacial score (nSPS) is 17.2. The van der Waals surface area contributed by atoms with Crippen molar-refractivity contribution in [2.45, 2.75) is 50.9 Å². The molecule has 2 nitrogen and oxygen atoms in total. The molecule has 1 saturated carbocycles. The van der Waals surface area contributed by atoms with E-state index in [0.29, 0.717) is 5.13 Å². The Morgan fingerprint density at radius 3 is 2.52 bits per heavy atom. The summed E-state index contributed by atoms with van der Waals surface area (Å²) in [5.41, 5.74) is 8.64. The summed E-state index contributed by atoms with van der Waals surface area (Å²) >= 11 is 7.72. The van der Waals surface area contributed by atoms with Crippen LogP contribution < -0.4 is 5.73 Å². The van der Waals surface area contributed by atoms with E-state index < -0.39 is 0 Å². The monoisotopic (exact) mass is 320 g/mol. The maximum Gasteiger partial charge on any atom is 0.180 e. The Bertz CT molecular complexity index is 612. The summed E-state index contributed by atoms with van der Waals surface area (Å²) in [6.07, 6.45) is 7.03. The number of benzene rings is 1. The molecule has 0 aliphatic heterocycles. The molecule has 0 spiro atoms. The molecule has 3 rings (SSSR count). The number of aromatic nitrogens is 1. The molecule has 0 atom stereocenters. The van der Waals surface area contributed by atoms with Gasteiger partial charge in [-0.3, -0.25) is 0 Å². The summed E-state index contributed by atoms with van der Waals surface area (Å²) in [5.74, 6) is 0. The Balaban J connectivity index is 2.11. The molecular formula is C17H21ClN2S. The van der Waals surface area contributed by atoms with Gasteiger partial charge in [0.05, 0.1) is 5.69 Å². The lowest BCUT2D eigenvalue weighted by atomic mass is 9.75. The highest BCUT2D eigenvalue weighted by Crippen LogP contribution is 2.48. The van der Waals surface area contributed by atoms with Gasteiger partial charge in [0.2, 0.25) is 0 Å². The van der Waals surface area contributed by atoms with Crippen molar-refractivity contribution in [3.8, 4) is 0 Å². The number of hydrogen-bond donors (Lipinski definition) is 1. The van der Waals surface area contributed by atoms with Crippen molar-refractivity contribution in [1.82, 2.24) is 4.98 Å². The Hall–Kier alpha value is -1.06. The van der Waals surface area contributed by atoms with Gasteiger partial charge >= 0.3 is 0 Å². The molecule has 0 radical (unpaired) electrons. The minimum atomic E-state index is 0.0449. The quantitative estimate of drug-likeness (QED) is 0.841. The van der Waals surface area contributed by atoms with Crippen LogP contribution >= 0.6 is 22.9 Å². The van der Waals surface area contributed by atoms with Gasteiger partial charge in [0.25, 0.3) is 0 Å². The molecular weight excluding hydrogens is 300 g/mol. The topological polar surface area (TPSA) is 38.9 Å². The van der Waals surface area contributed by atoms with E-state index in [-0.39, 0.29) is 5.41 Å². The van der Waals surface area contributed by atoms with Gasteiger partial charge in [-0.05, 0) is 37.0 Å². The van der Waals surface area contributed by atoms with Gasteiger partial charge in [-0.15, -0.1) is 11.3 Å². The SMILES string of the molecule is CCCc1sc(N)nc1C1(c2ccc(Cl)cc2)CCCC1. The van der Waals surface area contributed by atoms with E-state index in [1.807, 2.05) is 12.1 Å². The average molecular weight is 321 g/mol. The molecule has 2 N–H and O–H groups in total. The second-order valence-corrected chi connectivity index (χ2v) is 7.42. The molecule has 1 aromatic heterocycles. The first kappa shape index (κ1) is 14.9. The number of nitrogen functional groups attached to an aromatic ring is 1. The number of thiazole rings is 1. The summed E-state index contributed by atoms with van der Waals surface area (Å²) < 4.78 is 0. The highest BCUT2D eigenvalue weighted by Gasteiger charge is 2.41. The van der Waals surface area contributed by atoms with E-state index in [0.717, 1.165) is 30.7 Å². The van der Waals surface area contributed by atoms with Crippen LogP contribution in [-0.2, 0) is 11.8 Å². The highest BCUT2D eigenvalue weighted by atomic mass is 35.5. The van der Waals surface area contributed by atoms with E-state index >= 15 is 0 Å².